The van der Waals surface area contributed by atoms with Crippen LogP contribution in [-0.4, -0.2) is 48.2 Å². The molecule has 2 aliphatic heterocycles. The Kier molecular flexibility index (Phi) is 3.90. The minimum absolute atomic E-state index is 0.0712. The first-order valence-corrected chi connectivity index (χ1v) is 6.55. The van der Waals surface area contributed by atoms with Gasteiger partial charge in [0.05, 0.1) is 0 Å². The van der Waals surface area contributed by atoms with E-state index in [0.717, 1.165) is 25.7 Å². The lowest BCUT2D eigenvalue weighted by Gasteiger charge is -2.29. The van der Waals surface area contributed by atoms with E-state index in [0.29, 0.717) is 0 Å². The minimum Gasteiger partial charge on any atom is -0.461 e. The molecule has 5 heteroatoms. The molecule has 0 aromatic rings. The lowest BCUT2D eigenvalue weighted by atomic mass is 9.96. The average molecular weight is 255 g/mol. The molecule has 0 aromatic heterocycles. The summed E-state index contributed by atoms with van der Waals surface area (Å²) in [5, 5.41) is 0. The van der Waals surface area contributed by atoms with Crippen LogP contribution < -0.4 is 0 Å². The molecule has 0 N–H and O–H groups in total. The fourth-order valence-corrected chi connectivity index (χ4v) is 3.31. The molecule has 0 aromatic carbocycles. The summed E-state index contributed by atoms with van der Waals surface area (Å²) in [5.41, 5.74) is 0. The molecule has 2 saturated heterocycles. The molecule has 0 radical (unpaired) electrons. The Hall–Kier alpha value is -1.10. The SMILES string of the molecule is CC(=O)O[C@H]1CC[C@@H](OC(C)=O)[C@H]2CC[C@@H]1N2C. The maximum absolute atomic E-state index is 11.1. The number of fused-ring (bicyclic) bond motifs is 2. The molecule has 2 aliphatic rings. The predicted octanol–water partition coefficient (Wildman–Crippen LogP) is 1.11. The van der Waals surface area contributed by atoms with Crippen molar-refractivity contribution in [3.05, 3.63) is 0 Å². The Balaban J connectivity index is 2.10. The second kappa shape index (κ2) is 5.26. The van der Waals surface area contributed by atoms with Gasteiger partial charge in [-0.05, 0) is 32.7 Å². The highest BCUT2D eigenvalue weighted by molar-refractivity contribution is 5.66. The van der Waals surface area contributed by atoms with Crippen LogP contribution in [0.5, 0.6) is 0 Å². The molecule has 0 aliphatic carbocycles. The molecule has 5 nitrogen and oxygen atoms in total. The minimum atomic E-state index is -0.234. The van der Waals surface area contributed by atoms with Crippen molar-refractivity contribution < 1.29 is 19.1 Å². The van der Waals surface area contributed by atoms with E-state index < -0.39 is 0 Å². The quantitative estimate of drug-likeness (QED) is 0.692. The van der Waals surface area contributed by atoms with Gasteiger partial charge in [-0.1, -0.05) is 0 Å². The number of nitrogens with zero attached hydrogens (tertiary/aromatic N) is 1. The first kappa shape index (κ1) is 13.3. The summed E-state index contributed by atoms with van der Waals surface area (Å²) in [4.78, 5) is 24.5. The van der Waals surface area contributed by atoms with Crippen LogP contribution in [0.2, 0.25) is 0 Å². The van der Waals surface area contributed by atoms with Gasteiger partial charge < -0.3 is 9.47 Å². The molecule has 2 fully saturated rings. The first-order chi connectivity index (χ1) is 8.49. The number of rotatable bonds is 2. The van der Waals surface area contributed by atoms with Crippen molar-refractivity contribution >= 4 is 11.9 Å². The molecule has 0 amide bonds. The van der Waals surface area contributed by atoms with Gasteiger partial charge in [0.15, 0.2) is 0 Å². The fourth-order valence-electron chi connectivity index (χ4n) is 3.31. The molecule has 2 heterocycles. The third kappa shape index (κ3) is 2.66. The van der Waals surface area contributed by atoms with Crippen molar-refractivity contribution in [3.8, 4) is 0 Å². The number of ether oxygens (including phenoxy) is 2. The van der Waals surface area contributed by atoms with Gasteiger partial charge in [-0.2, -0.15) is 0 Å². The van der Waals surface area contributed by atoms with E-state index >= 15 is 0 Å². The van der Waals surface area contributed by atoms with Crippen LogP contribution in [0.15, 0.2) is 0 Å². The van der Waals surface area contributed by atoms with E-state index in [1.54, 1.807) is 0 Å². The maximum Gasteiger partial charge on any atom is 0.302 e. The van der Waals surface area contributed by atoms with Crippen LogP contribution in [0.1, 0.15) is 39.5 Å². The molecule has 2 bridgehead atoms. The molecule has 0 saturated carbocycles. The largest absolute Gasteiger partial charge is 0.461 e. The van der Waals surface area contributed by atoms with Crippen LogP contribution in [0.3, 0.4) is 0 Å². The normalized spacial score (nSPS) is 35.9. The van der Waals surface area contributed by atoms with Gasteiger partial charge in [-0.15, -0.1) is 0 Å². The third-order valence-corrected chi connectivity index (χ3v) is 4.03. The zero-order valence-electron chi connectivity index (χ0n) is 11.2. The standard InChI is InChI=1S/C13H21NO4/c1-8(15)17-12-6-7-13(18-9(2)16)11-5-4-10(12)14(11)3/h10-13H,4-7H2,1-3H3/t10-,11+,12-,13+. The van der Waals surface area contributed by atoms with Gasteiger partial charge in [0.25, 0.3) is 0 Å². The smallest absolute Gasteiger partial charge is 0.302 e. The Morgan fingerprint density at radius 2 is 1.28 bits per heavy atom. The van der Waals surface area contributed by atoms with Crippen molar-refractivity contribution in [3.63, 3.8) is 0 Å². The summed E-state index contributed by atoms with van der Waals surface area (Å²) in [6.07, 6.45) is 3.39. The van der Waals surface area contributed by atoms with Crippen LogP contribution in [0.25, 0.3) is 0 Å². The summed E-state index contributed by atoms with van der Waals surface area (Å²) in [6.45, 7) is 2.89. The van der Waals surface area contributed by atoms with Gasteiger partial charge in [-0.25, -0.2) is 0 Å². The average Bonchev–Trinajstić information content (AvgIpc) is 2.57. The number of hydrogen-bond acceptors (Lipinski definition) is 5. The van der Waals surface area contributed by atoms with Gasteiger partial charge >= 0.3 is 11.9 Å². The predicted molar refractivity (Wildman–Crippen MR) is 64.9 cm³/mol. The molecule has 102 valence electrons. The second-order valence-electron chi connectivity index (χ2n) is 5.25. The molecular formula is C13H21NO4. The lowest BCUT2D eigenvalue weighted by molar-refractivity contribution is -0.150. The van der Waals surface area contributed by atoms with Crippen LogP contribution in [0, 0.1) is 0 Å². The molecule has 18 heavy (non-hydrogen) atoms. The number of carbonyl (C=O) groups excluding carboxylic acids is 2. The van der Waals surface area contributed by atoms with E-state index in [4.69, 9.17) is 9.47 Å². The van der Waals surface area contributed by atoms with Gasteiger partial charge in [-0.3, -0.25) is 14.5 Å². The van der Waals surface area contributed by atoms with E-state index in [1.165, 1.54) is 13.8 Å². The molecule has 2 rings (SSSR count). The van der Waals surface area contributed by atoms with E-state index in [1.807, 2.05) is 7.05 Å². The fraction of sp³-hybridized carbons (Fsp3) is 0.846. The number of esters is 2. The third-order valence-electron chi connectivity index (χ3n) is 4.03. The van der Waals surface area contributed by atoms with Gasteiger partial charge in [0.1, 0.15) is 12.2 Å². The zero-order chi connectivity index (χ0) is 13.3. The maximum atomic E-state index is 11.1. The summed E-state index contributed by atoms with van der Waals surface area (Å²) in [7, 11) is 2.03. The van der Waals surface area contributed by atoms with Gasteiger partial charge in [0, 0.05) is 25.9 Å². The van der Waals surface area contributed by atoms with Crippen molar-refractivity contribution in [2.24, 2.45) is 0 Å². The van der Waals surface area contributed by atoms with Crippen LogP contribution in [0.4, 0.5) is 0 Å². The monoisotopic (exact) mass is 255 g/mol. The van der Waals surface area contributed by atoms with Crippen molar-refractivity contribution in [2.75, 3.05) is 7.05 Å². The molecular weight excluding hydrogens is 234 g/mol. The highest BCUT2D eigenvalue weighted by atomic mass is 16.6. The molecule has 0 spiro atoms. The zero-order valence-corrected chi connectivity index (χ0v) is 11.2. The van der Waals surface area contributed by atoms with E-state index in [9.17, 15) is 9.59 Å². The number of likely N-dealkylation sites (N-methyl/N-ethyl adjacent to an activating group) is 1. The Bertz CT molecular complexity index is 312. The number of carbonyl (C=O) groups is 2. The van der Waals surface area contributed by atoms with Crippen molar-refractivity contribution in [1.29, 1.82) is 0 Å². The van der Waals surface area contributed by atoms with Crippen LogP contribution >= 0.6 is 0 Å². The van der Waals surface area contributed by atoms with E-state index in [2.05, 4.69) is 4.90 Å². The topological polar surface area (TPSA) is 55.8 Å². The molecule has 0 unspecified atom stereocenters. The summed E-state index contributed by atoms with van der Waals surface area (Å²) in [6, 6.07) is 0.527. The Morgan fingerprint density at radius 1 is 0.889 bits per heavy atom. The number of hydrogen-bond donors (Lipinski definition) is 0. The Morgan fingerprint density at radius 3 is 1.61 bits per heavy atom. The summed E-state index contributed by atoms with van der Waals surface area (Å²) in [5.74, 6) is -0.467. The second-order valence-corrected chi connectivity index (χ2v) is 5.25. The van der Waals surface area contributed by atoms with Crippen LogP contribution in [-0.2, 0) is 19.1 Å². The Labute approximate surface area is 107 Å². The highest BCUT2D eigenvalue weighted by Crippen LogP contribution is 2.35. The van der Waals surface area contributed by atoms with Crippen molar-refractivity contribution in [2.45, 2.75) is 63.8 Å². The summed E-state index contributed by atoms with van der Waals surface area (Å²) >= 11 is 0. The first-order valence-electron chi connectivity index (χ1n) is 6.55. The highest BCUT2D eigenvalue weighted by Gasteiger charge is 2.45. The molecule has 4 atom stereocenters. The summed E-state index contributed by atoms with van der Waals surface area (Å²) < 4.78 is 10.8. The van der Waals surface area contributed by atoms with Gasteiger partial charge in [0.2, 0.25) is 0 Å². The van der Waals surface area contributed by atoms with Crippen molar-refractivity contribution in [1.82, 2.24) is 4.90 Å². The lowest BCUT2D eigenvalue weighted by Crippen LogP contribution is -2.43. The van der Waals surface area contributed by atoms with E-state index in [-0.39, 0.29) is 36.2 Å².